The van der Waals surface area contributed by atoms with Gasteiger partial charge in [-0.15, -0.1) is 0 Å². The lowest BCUT2D eigenvalue weighted by Gasteiger charge is -2.42. The van der Waals surface area contributed by atoms with Gasteiger partial charge in [0.05, 0.1) is 0 Å². The molecule has 2 atom stereocenters. The van der Waals surface area contributed by atoms with Crippen LogP contribution in [0.4, 0.5) is 0 Å². The fourth-order valence-electron chi connectivity index (χ4n) is 5.72. The Morgan fingerprint density at radius 1 is 0.684 bits per heavy atom. The molecule has 196 valence electrons. The monoisotopic (exact) mass is 539 g/mol. The molecule has 1 fully saturated rings. The van der Waals surface area contributed by atoms with Crippen LogP contribution >= 0.6 is 15.4 Å². The fraction of sp³-hybridized carbons (Fsp3) is 0.294. The summed E-state index contributed by atoms with van der Waals surface area (Å²) in [6.07, 6.45) is 4.36. The number of nitrogens with zero attached hydrogens (tertiary/aromatic N) is 1. The van der Waals surface area contributed by atoms with E-state index < -0.39 is 15.4 Å². The molecule has 0 aromatic heterocycles. The standard InChI is InChI=1S/C34H39NOP2/c1-4-5-26-35(38(36,31-20-16-27(2)17-21-31)32-22-18-28(3)19-23-32)37-33(29-12-8-6-9-13-29)24-25-34(37)30-14-10-7-11-15-30/h6-23,33-34H,4-5,24-26H2,1-3H3. The average Bonchev–Trinajstić information content (AvgIpc) is 3.39. The molecule has 2 nitrogen and oxygen atoms in total. The Morgan fingerprint density at radius 3 is 1.50 bits per heavy atom. The first kappa shape index (κ1) is 27.1. The van der Waals surface area contributed by atoms with Crippen molar-refractivity contribution in [3.63, 3.8) is 0 Å². The molecule has 0 radical (unpaired) electrons. The third-order valence-electron chi connectivity index (χ3n) is 7.79. The molecule has 5 rings (SSSR count). The van der Waals surface area contributed by atoms with E-state index in [-0.39, 0.29) is 0 Å². The van der Waals surface area contributed by atoms with E-state index in [0.717, 1.165) is 42.8 Å². The quantitative estimate of drug-likeness (QED) is 0.198. The Morgan fingerprint density at radius 2 is 1.11 bits per heavy atom. The zero-order valence-electron chi connectivity index (χ0n) is 22.8. The highest BCUT2D eigenvalue weighted by Gasteiger charge is 2.48. The number of hydrogen-bond donors (Lipinski definition) is 0. The minimum Gasteiger partial charge on any atom is -0.296 e. The van der Waals surface area contributed by atoms with Crippen LogP contribution in [0.1, 0.15) is 66.2 Å². The smallest absolute Gasteiger partial charge is 0.210 e. The zero-order chi connectivity index (χ0) is 26.5. The van der Waals surface area contributed by atoms with Crippen LogP contribution in [0.5, 0.6) is 0 Å². The molecule has 38 heavy (non-hydrogen) atoms. The van der Waals surface area contributed by atoms with E-state index >= 15 is 4.57 Å². The number of hydrogen-bond acceptors (Lipinski definition) is 1. The van der Waals surface area contributed by atoms with E-state index in [0.29, 0.717) is 11.3 Å². The molecule has 0 bridgehead atoms. The number of unbranched alkanes of at least 4 members (excludes halogenated alkanes) is 1. The van der Waals surface area contributed by atoms with Gasteiger partial charge in [-0.25, -0.2) is 4.44 Å². The van der Waals surface area contributed by atoms with Crippen LogP contribution in [-0.2, 0) is 4.57 Å². The van der Waals surface area contributed by atoms with E-state index in [4.69, 9.17) is 0 Å². The van der Waals surface area contributed by atoms with Crippen molar-refractivity contribution in [2.45, 2.75) is 57.8 Å². The highest BCUT2D eigenvalue weighted by molar-refractivity contribution is 7.83. The van der Waals surface area contributed by atoms with Crippen LogP contribution in [-0.4, -0.2) is 11.0 Å². The maximum atomic E-state index is 15.9. The van der Waals surface area contributed by atoms with E-state index in [1.54, 1.807) is 0 Å². The van der Waals surface area contributed by atoms with Gasteiger partial charge >= 0.3 is 0 Å². The van der Waals surface area contributed by atoms with Crippen LogP contribution in [0.2, 0.25) is 0 Å². The van der Waals surface area contributed by atoms with Gasteiger partial charge < -0.3 is 0 Å². The molecule has 0 N–H and O–H groups in total. The summed E-state index contributed by atoms with van der Waals surface area (Å²) in [5, 5.41) is 1.91. The second-order valence-electron chi connectivity index (χ2n) is 10.5. The van der Waals surface area contributed by atoms with E-state index in [1.165, 1.54) is 22.3 Å². The van der Waals surface area contributed by atoms with Gasteiger partial charge in [0.25, 0.3) is 0 Å². The van der Waals surface area contributed by atoms with Crippen LogP contribution in [0.15, 0.2) is 109 Å². The minimum absolute atomic E-state index is 0.387. The Kier molecular flexibility index (Phi) is 8.64. The summed E-state index contributed by atoms with van der Waals surface area (Å²) in [6.45, 7) is 7.29. The van der Waals surface area contributed by atoms with Crippen LogP contribution in [0.3, 0.4) is 0 Å². The van der Waals surface area contributed by atoms with Crippen LogP contribution in [0, 0.1) is 13.8 Å². The molecule has 1 aliphatic rings. The lowest BCUT2D eigenvalue weighted by atomic mass is 10.0. The van der Waals surface area contributed by atoms with Gasteiger partial charge in [0.15, 0.2) is 0 Å². The third-order valence-corrected chi connectivity index (χ3v) is 15.1. The van der Waals surface area contributed by atoms with Gasteiger partial charge in [0.2, 0.25) is 7.29 Å². The van der Waals surface area contributed by atoms with Crippen molar-refractivity contribution >= 4 is 26.0 Å². The second kappa shape index (κ2) is 12.1. The van der Waals surface area contributed by atoms with Crippen molar-refractivity contribution in [2.24, 2.45) is 0 Å². The van der Waals surface area contributed by atoms with Gasteiger partial charge in [0.1, 0.15) is 0 Å². The van der Waals surface area contributed by atoms with E-state index in [9.17, 15) is 0 Å². The fourth-order valence-corrected chi connectivity index (χ4v) is 13.8. The van der Waals surface area contributed by atoms with Crippen molar-refractivity contribution in [3.05, 3.63) is 131 Å². The van der Waals surface area contributed by atoms with Crippen LogP contribution in [0.25, 0.3) is 0 Å². The molecule has 1 heterocycles. The van der Waals surface area contributed by atoms with E-state index in [2.05, 4.69) is 134 Å². The average molecular weight is 540 g/mol. The molecular formula is C34H39NOP2. The topological polar surface area (TPSA) is 20.3 Å². The number of rotatable bonds is 9. The summed E-state index contributed by atoms with van der Waals surface area (Å²) in [7, 11) is -3.89. The van der Waals surface area contributed by atoms with Crippen molar-refractivity contribution in [1.82, 2.24) is 4.44 Å². The van der Waals surface area contributed by atoms with E-state index in [1.807, 2.05) is 0 Å². The van der Waals surface area contributed by atoms with Crippen molar-refractivity contribution in [2.75, 3.05) is 6.54 Å². The maximum Gasteiger partial charge on any atom is 0.210 e. The molecule has 0 amide bonds. The second-order valence-corrected chi connectivity index (χ2v) is 16.0. The predicted molar refractivity (Wildman–Crippen MR) is 165 cm³/mol. The first-order chi connectivity index (χ1) is 18.5. The SMILES string of the molecule is CCCCN(P1C(c2ccccc2)CCC1c1ccccc1)P(=O)(c1ccc(C)cc1)c1ccc(C)cc1. The van der Waals surface area contributed by atoms with Crippen molar-refractivity contribution in [3.8, 4) is 0 Å². The molecular weight excluding hydrogens is 500 g/mol. The van der Waals surface area contributed by atoms with Gasteiger partial charge in [-0.3, -0.25) is 4.57 Å². The largest absolute Gasteiger partial charge is 0.296 e. The third kappa shape index (κ3) is 5.46. The Labute approximate surface area is 230 Å². The lowest BCUT2D eigenvalue weighted by molar-refractivity contribution is 0.534. The normalized spacial score (nSPS) is 19.6. The molecule has 1 saturated heterocycles. The Hall–Kier alpha value is -2.50. The number of benzene rings is 4. The molecule has 1 aliphatic heterocycles. The Balaban J connectivity index is 1.73. The van der Waals surface area contributed by atoms with Crippen molar-refractivity contribution in [1.29, 1.82) is 0 Å². The summed E-state index contributed by atoms with van der Waals surface area (Å²) in [5.41, 5.74) is 5.94. The first-order valence-corrected chi connectivity index (χ1v) is 17.0. The molecule has 0 spiro atoms. The summed E-state index contributed by atoms with van der Waals surface area (Å²) in [5.74, 6) is 0. The highest BCUT2D eigenvalue weighted by Crippen LogP contribution is 2.77. The zero-order valence-corrected chi connectivity index (χ0v) is 24.6. The molecule has 0 saturated carbocycles. The molecule has 4 heteroatoms. The molecule has 4 aromatic carbocycles. The molecule has 0 aliphatic carbocycles. The van der Waals surface area contributed by atoms with Crippen LogP contribution < -0.4 is 10.6 Å². The molecule has 2 unspecified atom stereocenters. The predicted octanol–water partition coefficient (Wildman–Crippen LogP) is 9.31. The highest BCUT2D eigenvalue weighted by atomic mass is 31.2. The summed E-state index contributed by atoms with van der Waals surface area (Å²) >= 11 is 0. The minimum atomic E-state index is -3.11. The van der Waals surface area contributed by atoms with Gasteiger partial charge in [-0.1, -0.05) is 109 Å². The maximum absolute atomic E-state index is 15.9. The summed E-state index contributed by atoms with van der Waals surface area (Å²) in [6, 6.07) is 39.0. The van der Waals surface area contributed by atoms with Gasteiger partial charge in [0, 0.05) is 28.5 Å². The van der Waals surface area contributed by atoms with Crippen molar-refractivity contribution < 1.29 is 4.57 Å². The summed E-state index contributed by atoms with van der Waals surface area (Å²) < 4.78 is 18.5. The van der Waals surface area contributed by atoms with Gasteiger partial charge in [-0.2, -0.15) is 0 Å². The first-order valence-electron chi connectivity index (χ1n) is 13.9. The Bertz CT molecular complexity index is 1260. The lowest BCUT2D eigenvalue weighted by Crippen LogP contribution is -2.31. The van der Waals surface area contributed by atoms with Gasteiger partial charge in [-0.05, 0) is 76.6 Å². The molecule has 4 aromatic rings. The number of aryl methyl sites for hydroxylation is 2. The summed E-state index contributed by atoms with van der Waals surface area (Å²) in [4.78, 5) is 0.